The summed E-state index contributed by atoms with van der Waals surface area (Å²) in [6.45, 7) is 2.39. The number of nitrogens with one attached hydrogen (secondary N) is 1. The number of ether oxygens (including phenoxy) is 6. The Labute approximate surface area is 332 Å². The number of rotatable bonds is 12. The van der Waals surface area contributed by atoms with Gasteiger partial charge in [0, 0.05) is 44.4 Å². The van der Waals surface area contributed by atoms with E-state index in [1.807, 2.05) is 58.5 Å². The van der Waals surface area contributed by atoms with Crippen molar-refractivity contribution in [2.75, 3.05) is 66.6 Å². The number of hydrogen-bond acceptors (Lipinski definition) is 10. The minimum Gasteiger partial charge on any atom is -0.497 e. The van der Waals surface area contributed by atoms with Crippen LogP contribution in [0.5, 0.6) is 34.5 Å². The molecule has 0 aliphatic carbocycles. The van der Waals surface area contributed by atoms with Crippen LogP contribution in [0.25, 0.3) is 11.1 Å². The molecule has 294 valence electrons. The predicted octanol–water partition coefficient (Wildman–Crippen LogP) is 7.31. The van der Waals surface area contributed by atoms with Crippen LogP contribution in [0.3, 0.4) is 0 Å². The molecule has 0 saturated heterocycles. The van der Waals surface area contributed by atoms with Gasteiger partial charge in [-0.15, -0.1) is 0 Å². The number of anilines is 1. The largest absolute Gasteiger partial charge is 0.497 e. The number of methoxy groups -OCH3 is 4. The molecule has 4 aliphatic heterocycles. The Morgan fingerprint density at radius 2 is 1.21 bits per heavy atom. The van der Waals surface area contributed by atoms with Crippen molar-refractivity contribution in [1.82, 2.24) is 9.80 Å². The van der Waals surface area contributed by atoms with Crippen LogP contribution in [0.15, 0.2) is 89.9 Å². The lowest BCUT2D eigenvalue weighted by atomic mass is 9.95. The lowest BCUT2D eigenvalue weighted by Gasteiger charge is -2.33. The molecule has 0 aromatic heterocycles. The molecule has 4 aliphatic rings. The van der Waals surface area contributed by atoms with Crippen molar-refractivity contribution in [3.63, 3.8) is 0 Å². The zero-order valence-electron chi connectivity index (χ0n) is 32.6. The fraction of sp³-hybridized carbons (Fsp3) is 0.311. The molecule has 12 nitrogen and oxygen atoms in total. The van der Waals surface area contributed by atoms with E-state index in [-0.39, 0.29) is 23.9 Å². The highest BCUT2D eigenvalue weighted by Gasteiger charge is 2.34. The summed E-state index contributed by atoms with van der Waals surface area (Å²) in [5.74, 6) is 3.41. The van der Waals surface area contributed by atoms with Gasteiger partial charge in [0.05, 0.1) is 76.2 Å². The van der Waals surface area contributed by atoms with E-state index in [1.165, 1.54) is 5.57 Å². The zero-order valence-corrected chi connectivity index (χ0v) is 32.6. The first-order valence-corrected chi connectivity index (χ1v) is 19.2. The maximum atomic E-state index is 13.8. The highest BCUT2D eigenvalue weighted by molar-refractivity contribution is 6.04. The molecule has 2 atom stereocenters. The first-order chi connectivity index (χ1) is 27.9. The van der Waals surface area contributed by atoms with Gasteiger partial charge in [-0.1, -0.05) is 36.4 Å². The fourth-order valence-corrected chi connectivity index (χ4v) is 7.81. The summed E-state index contributed by atoms with van der Waals surface area (Å²) < 4.78 is 34.4. The van der Waals surface area contributed by atoms with Gasteiger partial charge in [0.2, 0.25) is 0 Å². The van der Waals surface area contributed by atoms with Gasteiger partial charge >= 0.3 is 0 Å². The summed E-state index contributed by atoms with van der Waals surface area (Å²) >= 11 is 0. The number of amides is 2. The maximum absolute atomic E-state index is 13.8. The smallest absolute Gasteiger partial charge is 0.256 e. The molecular weight excluding hydrogens is 725 g/mol. The van der Waals surface area contributed by atoms with Crippen molar-refractivity contribution in [2.45, 2.75) is 31.3 Å². The Balaban J connectivity index is 0.908. The highest BCUT2D eigenvalue weighted by atomic mass is 16.5. The molecule has 0 radical (unpaired) electrons. The Kier molecular flexibility index (Phi) is 10.8. The summed E-state index contributed by atoms with van der Waals surface area (Å²) in [6, 6.07) is 22.7. The molecule has 1 N–H and O–H groups in total. The van der Waals surface area contributed by atoms with Crippen molar-refractivity contribution in [2.24, 2.45) is 4.99 Å². The third kappa shape index (κ3) is 7.59. The molecule has 57 heavy (non-hydrogen) atoms. The second-order valence-electron chi connectivity index (χ2n) is 14.2. The maximum Gasteiger partial charge on any atom is 0.256 e. The monoisotopic (exact) mass is 770 g/mol. The lowest BCUT2D eigenvalue weighted by Crippen LogP contribution is -2.43. The number of carbonyl (C=O) groups is 2. The Hall–Kier alpha value is -6.43. The van der Waals surface area contributed by atoms with Crippen LogP contribution in [0.1, 0.15) is 51.1 Å². The third-order valence-electron chi connectivity index (χ3n) is 10.9. The van der Waals surface area contributed by atoms with E-state index >= 15 is 0 Å². The third-order valence-corrected chi connectivity index (χ3v) is 10.9. The van der Waals surface area contributed by atoms with Gasteiger partial charge in [0.1, 0.15) is 11.5 Å². The second kappa shape index (κ2) is 16.4. The van der Waals surface area contributed by atoms with Gasteiger partial charge in [-0.2, -0.15) is 0 Å². The lowest BCUT2D eigenvalue weighted by molar-refractivity contribution is 0.0722. The fourth-order valence-electron chi connectivity index (χ4n) is 7.81. The van der Waals surface area contributed by atoms with Gasteiger partial charge < -0.3 is 43.5 Å². The van der Waals surface area contributed by atoms with Crippen LogP contribution in [0.4, 0.5) is 11.4 Å². The molecule has 0 spiro atoms. The molecule has 4 heterocycles. The first kappa shape index (κ1) is 37.5. The van der Waals surface area contributed by atoms with E-state index in [0.717, 1.165) is 41.0 Å². The topological polar surface area (TPSA) is 120 Å². The average molecular weight is 771 g/mol. The number of nitrogens with zero attached hydrogens (tertiary/aromatic N) is 3. The van der Waals surface area contributed by atoms with Gasteiger partial charge in [0.15, 0.2) is 23.0 Å². The molecule has 12 heteroatoms. The number of benzene rings is 4. The Morgan fingerprint density at radius 1 is 0.649 bits per heavy atom. The minimum atomic E-state index is -0.280. The summed E-state index contributed by atoms with van der Waals surface area (Å²) in [4.78, 5) is 36.1. The summed E-state index contributed by atoms with van der Waals surface area (Å²) in [6.07, 6.45) is 8.13. The molecule has 0 unspecified atom stereocenters. The summed E-state index contributed by atoms with van der Waals surface area (Å²) in [5.41, 5.74) is 6.84. The quantitative estimate of drug-likeness (QED) is 0.148. The summed E-state index contributed by atoms with van der Waals surface area (Å²) in [5, 5.41) is 3.49. The number of carbonyl (C=O) groups excluding carboxylic acids is 2. The SMILES string of the molecule is COc1ccc(C2=C[C@H]3C=Nc4cc(OCCCOc5cc6c(cc5OC)C(=O)N5CCC(c7ccc(OC)cc7)=C[C@H]5CN6)c(OC)cc4C(=O)N3CC2)cc1. The van der Waals surface area contributed by atoms with Crippen molar-refractivity contribution in [1.29, 1.82) is 0 Å². The molecule has 0 fully saturated rings. The van der Waals surface area contributed by atoms with Gasteiger partial charge in [-0.05, 0) is 71.5 Å². The molecular formula is C45H46N4O8. The first-order valence-electron chi connectivity index (χ1n) is 19.2. The average Bonchev–Trinajstić information content (AvgIpc) is 3.48. The number of aliphatic imine (C=N–C) groups is 1. The highest BCUT2D eigenvalue weighted by Crippen LogP contribution is 2.40. The van der Waals surface area contributed by atoms with Gasteiger partial charge in [-0.3, -0.25) is 14.6 Å². The van der Waals surface area contributed by atoms with Crippen LogP contribution >= 0.6 is 0 Å². The molecule has 4 aromatic carbocycles. The van der Waals surface area contributed by atoms with Crippen molar-refractivity contribution in [3.05, 3.63) is 107 Å². The van der Waals surface area contributed by atoms with Crippen LogP contribution in [-0.4, -0.2) is 101 Å². The number of fused-ring (bicyclic) bond motifs is 4. The van der Waals surface area contributed by atoms with E-state index < -0.39 is 0 Å². The molecule has 0 bridgehead atoms. The van der Waals surface area contributed by atoms with Crippen LogP contribution in [-0.2, 0) is 0 Å². The normalized spacial score (nSPS) is 18.3. The van der Waals surface area contributed by atoms with E-state index in [0.29, 0.717) is 84.8 Å². The van der Waals surface area contributed by atoms with Crippen LogP contribution < -0.4 is 33.7 Å². The standard InChI is InChI=1S/C45H46N4O8/c1-52-34-10-6-28(7-11-34)30-14-16-48-32(20-30)26-46-38-24-42(40(54-3)22-36(38)44(48)50)56-18-5-19-57-43-25-39-37(23-41(43)55-4)45(51)49-17-15-31(21-33(49)27-47-39)29-8-12-35(53-2)13-9-29/h6-13,20-26,32-33,47H,5,14-19,27H2,1-4H3/t32-,33-/m0/s1. The summed E-state index contributed by atoms with van der Waals surface area (Å²) in [7, 11) is 6.43. The molecule has 8 rings (SSSR count). The van der Waals surface area contributed by atoms with E-state index in [4.69, 9.17) is 33.4 Å². The van der Waals surface area contributed by atoms with Gasteiger partial charge in [-0.25, -0.2) is 0 Å². The van der Waals surface area contributed by atoms with Crippen molar-refractivity contribution in [3.8, 4) is 34.5 Å². The number of hydrogen-bond donors (Lipinski definition) is 1. The van der Waals surface area contributed by atoms with E-state index in [9.17, 15) is 9.59 Å². The second-order valence-corrected chi connectivity index (χ2v) is 14.2. The molecule has 4 aromatic rings. The van der Waals surface area contributed by atoms with Gasteiger partial charge in [0.25, 0.3) is 11.8 Å². The van der Waals surface area contributed by atoms with Crippen LogP contribution in [0.2, 0.25) is 0 Å². The minimum absolute atomic E-state index is 0.0465. The van der Waals surface area contributed by atoms with Crippen molar-refractivity contribution < 1.29 is 38.0 Å². The van der Waals surface area contributed by atoms with E-state index in [2.05, 4.69) is 29.6 Å². The van der Waals surface area contributed by atoms with Crippen molar-refractivity contribution >= 4 is 40.5 Å². The molecule has 2 amide bonds. The molecule has 0 saturated carbocycles. The Bertz CT molecular complexity index is 2250. The zero-order chi connectivity index (χ0) is 39.5. The van der Waals surface area contributed by atoms with Crippen LogP contribution in [0, 0.1) is 0 Å². The van der Waals surface area contributed by atoms with E-state index in [1.54, 1.807) is 46.6 Å². The Morgan fingerprint density at radius 3 is 1.82 bits per heavy atom. The predicted molar refractivity (Wildman–Crippen MR) is 219 cm³/mol.